The molecule has 4 rings (SSSR count). The SMILES string of the molecule is O=C1CCC(C(=O)Nc2ncc(-c3ccc(OC(F)(F)F)c(Cl)c3)s2)n2cccc21. The molecule has 0 saturated heterocycles. The fourth-order valence-electron chi connectivity index (χ4n) is 3.21. The maximum absolute atomic E-state index is 12.7. The third kappa shape index (κ3) is 4.19. The van der Waals surface area contributed by atoms with Gasteiger partial charge in [0.05, 0.1) is 15.6 Å². The van der Waals surface area contributed by atoms with E-state index in [1.807, 2.05) is 0 Å². The summed E-state index contributed by atoms with van der Waals surface area (Å²) in [6, 6.07) is 6.75. The van der Waals surface area contributed by atoms with Gasteiger partial charge in [-0.15, -0.1) is 13.2 Å². The van der Waals surface area contributed by atoms with Gasteiger partial charge in [0.15, 0.2) is 10.9 Å². The number of benzene rings is 1. The summed E-state index contributed by atoms with van der Waals surface area (Å²) in [6.45, 7) is 0. The Labute approximate surface area is 177 Å². The lowest BCUT2D eigenvalue weighted by Gasteiger charge is -2.24. The van der Waals surface area contributed by atoms with Crippen molar-refractivity contribution >= 4 is 39.8 Å². The van der Waals surface area contributed by atoms with E-state index < -0.39 is 18.2 Å². The average molecular weight is 456 g/mol. The predicted octanol–water partition coefficient (Wildman–Crippen LogP) is 5.32. The van der Waals surface area contributed by atoms with Crippen molar-refractivity contribution in [3.63, 3.8) is 0 Å². The summed E-state index contributed by atoms with van der Waals surface area (Å²) in [5.74, 6) is -0.802. The first kappa shape index (κ1) is 20.4. The zero-order chi connectivity index (χ0) is 21.5. The molecule has 0 bridgehead atoms. The van der Waals surface area contributed by atoms with Crippen LogP contribution in [0.4, 0.5) is 18.3 Å². The molecule has 11 heteroatoms. The van der Waals surface area contributed by atoms with Gasteiger partial charge in [-0.3, -0.25) is 9.59 Å². The first-order valence-electron chi connectivity index (χ1n) is 8.74. The zero-order valence-electron chi connectivity index (χ0n) is 15.1. The number of ether oxygens (including phenoxy) is 1. The number of Topliss-reactive ketones (excluding diaryl/α,β-unsaturated/α-hetero) is 1. The van der Waals surface area contributed by atoms with Crippen molar-refractivity contribution < 1.29 is 27.5 Å². The first-order valence-corrected chi connectivity index (χ1v) is 9.93. The van der Waals surface area contributed by atoms with Crippen molar-refractivity contribution in [1.82, 2.24) is 9.55 Å². The molecular weight excluding hydrogens is 443 g/mol. The Hall–Kier alpha value is -2.85. The predicted molar refractivity (Wildman–Crippen MR) is 105 cm³/mol. The van der Waals surface area contributed by atoms with E-state index in [1.165, 1.54) is 18.3 Å². The van der Waals surface area contributed by atoms with Crippen molar-refractivity contribution in [2.75, 3.05) is 5.32 Å². The molecule has 1 aromatic carbocycles. The number of thiazole rings is 1. The quantitative estimate of drug-likeness (QED) is 0.578. The lowest BCUT2D eigenvalue weighted by atomic mass is 10.0. The van der Waals surface area contributed by atoms with E-state index in [4.69, 9.17) is 11.6 Å². The number of carbonyl (C=O) groups excluding carboxylic acids is 2. The number of ketones is 1. The monoisotopic (exact) mass is 455 g/mol. The van der Waals surface area contributed by atoms with Crippen LogP contribution in [-0.2, 0) is 4.79 Å². The number of amides is 1. The maximum Gasteiger partial charge on any atom is 0.573 e. The van der Waals surface area contributed by atoms with Crippen molar-refractivity contribution in [2.24, 2.45) is 0 Å². The van der Waals surface area contributed by atoms with Crippen LogP contribution in [0.25, 0.3) is 10.4 Å². The van der Waals surface area contributed by atoms with Gasteiger partial charge in [-0.25, -0.2) is 4.98 Å². The fraction of sp³-hybridized carbons (Fsp3) is 0.211. The van der Waals surface area contributed by atoms with Gasteiger partial charge in [-0.2, -0.15) is 0 Å². The van der Waals surface area contributed by atoms with Crippen LogP contribution in [0.15, 0.2) is 42.7 Å². The summed E-state index contributed by atoms with van der Waals surface area (Å²) in [5.41, 5.74) is 1.03. The second-order valence-electron chi connectivity index (χ2n) is 6.49. The number of anilines is 1. The molecular formula is C19H13ClF3N3O3S. The second-order valence-corrected chi connectivity index (χ2v) is 7.93. The molecule has 0 aliphatic carbocycles. The van der Waals surface area contributed by atoms with Gasteiger partial charge in [0.2, 0.25) is 5.91 Å². The van der Waals surface area contributed by atoms with Crippen molar-refractivity contribution in [3.05, 3.63) is 53.4 Å². The molecule has 30 heavy (non-hydrogen) atoms. The number of aromatic nitrogens is 2. The minimum atomic E-state index is -4.84. The smallest absolute Gasteiger partial charge is 0.404 e. The Morgan fingerprint density at radius 1 is 1.33 bits per heavy atom. The number of nitrogens with zero attached hydrogens (tertiary/aromatic N) is 2. The van der Waals surface area contributed by atoms with Crippen LogP contribution >= 0.6 is 22.9 Å². The lowest BCUT2D eigenvalue weighted by molar-refractivity contribution is -0.274. The normalized spacial score (nSPS) is 16.3. The summed E-state index contributed by atoms with van der Waals surface area (Å²) in [6.07, 6.45) is -0.981. The van der Waals surface area contributed by atoms with E-state index in [1.54, 1.807) is 22.9 Å². The highest BCUT2D eigenvalue weighted by Gasteiger charge is 2.32. The molecule has 0 fully saturated rings. The summed E-state index contributed by atoms with van der Waals surface area (Å²) in [4.78, 5) is 29.4. The van der Waals surface area contributed by atoms with Crippen LogP contribution in [0.1, 0.15) is 29.4 Å². The molecule has 2 aromatic heterocycles. The molecule has 1 atom stereocenters. The third-order valence-electron chi connectivity index (χ3n) is 4.53. The summed E-state index contributed by atoms with van der Waals surface area (Å²) in [5, 5.41) is 2.86. The number of rotatable bonds is 4. The average Bonchev–Trinajstić information content (AvgIpc) is 3.33. The molecule has 1 amide bonds. The Morgan fingerprint density at radius 3 is 2.87 bits per heavy atom. The van der Waals surface area contributed by atoms with Gasteiger partial charge in [-0.1, -0.05) is 22.9 Å². The Bertz CT molecular complexity index is 1130. The lowest BCUT2D eigenvalue weighted by Crippen LogP contribution is -2.31. The molecule has 0 radical (unpaired) electrons. The largest absolute Gasteiger partial charge is 0.573 e. The van der Waals surface area contributed by atoms with E-state index in [9.17, 15) is 22.8 Å². The molecule has 3 aromatic rings. The summed E-state index contributed by atoms with van der Waals surface area (Å²) >= 11 is 7.04. The standard InChI is InChI=1S/C19H13ClF3N3O3S/c20-11-8-10(3-6-15(11)29-19(21,22)23)16-9-24-18(30-16)25-17(28)13-4-5-14(27)12-2-1-7-26(12)13/h1-3,6-9,13H,4-5H2,(H,24,25,28). The highest BCUT2D eigenvalue weighted by Crippen LogP contribution is 2.36. The molecule has 1 aliphatic rings. The Kier molecular flexibility index (Phi) is 5.29. The van der Waals surface area contributed by atoms with Crippen LogP contribution in [0, 0.1) is 0 Å². The minimum absolute atomic E-state index is 0.00425. The van der Waals surface area contributed by atoms with Gasteiger partial charge in [0, 0.05) is 18.8 Å². The number of hydrogen-bond donors (Lipinski definition) is 1. The minimum Gasteiger partial charge on any atom is -0.404 e. The summed E-state index contributed by atoms with van der Waals surface area (Å²) in [7, 11) is 0. The Balaban J connectivity index is 1.49. The highest BCUT2D eigenvalue weighted by atomic mass is 35.5. The van der Waals surface area contributed by atoms with E-state index >= 15 is 0 Å². The van der Waals surface area contributed by atoms with Crippen LogP contribution in [0.5, 0.6) is 5.75 Å². The topological polar surface area (TPSA) is 73.2 Å². The number of hydrogen-bond acceptors (Lipinski definition) is 5. The number of alkyl halides is 3. The maximum atomic E-state index is 12.7. The van der Waals surface area contributed by atoms with Crippen LogP contribution in [0.3, 0.4) is 0 Å². The van der Waals surface area contributed by atoms with Gasteiger partial charge in [-0.05, 0) is 42.3 Å². The number of fused-ring (bicyclic) bond motifs is 1. The molecule has 156 valence electrons. The van der Waals surface area contributed by atoms with E-state index in [0.717, 1.165) is 17.4 Å². The van der Waals surface area contributed by atoms with Gasteiger partial charge in [0.1, 0.15) is 11.8 Å². The number of carbonyl (C=O) groups is 2. The van der Waals surface area contributed by atoms with Gasteiger partial charge in [0.25, 0.3) is 0 Å². The van der Waals surface area contributed by atoms with Gasteiger partial charge >= 0.3 is 6.36 Å². The molecule has 0 saturated carbocycles. The highest BCUT2D eigenvalue weighted by molar-refractivity contribution is 7.19. The fourth-order valence-corrected chi connectivity index (χ4v) is 4.24. The van der Waals surface area contributed by atoms with Crippen molar-refractivity contribution in [3.8, 4) is 16.2 Å². The molecule has 1 N–H and O–H groups in total. The molecule has 3 heterocycles. The van der Waals surface area contributed by atoms with Crippen LogP contribution in [0.2, 0.25) is 5.02 Å². The number of nitrogens with one attached hydrogen (secondary N) is 1. The van der Waals surface area contributed by atoms with E-state index in [-0.39, 0.29) is 23.1 Å². The van der Waals surface area contributed by atoms with Crippen LogP contribution < -0.4 is 10.1 Å². The van der Waals surface area contributed by atoms with E-state index in [0.29, 0.717) is 27.7 Å². The molecule has 1 unspecified atom stereocenters. The van der Waals surface area contributed by atoms with E-state index in [2.05, 4.69) is 15.0 Å². The van der Waals surface area contributed by atoms with Crippen molar-refractivity contribution in [1.29, 1.82) is 0 Å². The second kappa shape index (κ2) is 7.77. The number of halogens is 4. The van der Waals surface area contributed by atoms with Crippen molar-refractivity contribution in [2.45, 2.75) is 25.2 Å². The van der Waals surface area contributed by atoms with Gasteiger partial charge < -0.3 is 14.6 Å². The summed E-state index contributed by atoms with van der Waals surface area (Å²) < 4.78 is 42.6. The molecule has 0 spiro atoms. The third-order valence-corrected chi connectivity index (χ3v) is 5.78. The van der Waals surface area contributed by atoms with Crippen LogP contribution in [-0.4, -0.2) is 27.6 Å². The first-order chi connectivity index (χ1) is 14.2. The molecule has 6 nitrogen and oxygen atoms in total. The molecule has 1 aliphatic heterocycles. The Morgan fingerprint density at radius 2 is 2.13 bits per heavy atom. The zero-order valence-corrected chi connectivity index (χ0v) is 16.6.